The highest BCUT2D eigenvalue weighted by atomic mass is 16.4. The van der Waals surface area contributed by atoms with Crippen molar-refractivity contribution in [1.82, 2.24) is 0 Å². The Morgan fingerprint density at radius 1 is 0.967 bits per heavy atom. The van der Waals surface area contributed by atoms with Crippen LogP contribution < -0.4 is 0 Å². The van der Waals surface area contributed by atoms with Crippen molar-refractivity contribution >= 4 is 5.71 Å². The number of aliphatic hydroxyl groups is 1. The molecule has 0 bridgehead atoms. The van der Waals surface area contributed by atoms with Crippen LogP contribution in [0.5, 0.6) is 0 Å². The van der Waals surface area contributed by atoms with Gasteiger partial charge in [-0.05, 0) is 85.9 Å². The summed E-state index contributed by atoms with van der Waals surface area (Å²) in [5.41, 5.74) is 0.151. The molecule has 0 aromatic rings. The topological polar surface area (TPSA) is 52.8 Å². The monoisotopic (exact) mass is 417 g/mol. The molecule has 0 unspecified atom stereocenters. The Hall–Kier alpha value is -0.570. The Balaban J connectivity index is 1.56. The third-order valence-corrected chi connectivity index (χ3v) is 10.9. The van der Waals surface area contributed by atoms with E-state index in [4.69, 9.17) is 0 Å². The van der Waals surface area contributed by atoms with Crippen molar-refractivity contribution in [3.8, 4) is 0 Å². The first-order valence-corrected chi connectivity index (χ1v) is 13.1. The summed E-state index contributed by atoms with van der Waals surface area (Å²) in [5.74, 6) is 4.37. The van der Waals surface area contributed by atoms with E-state index in [9.17, 15) is 10.3 Å². The summed E-state index contributed by atoms with van der Waals surface area (Å²) in [7, 11) is 0. The number of nitrogens with zero attached hydrogens (tertiary/aromatic N) is 1. The summed E-state index contributed by atoms with van der Waals surface area (Å²) in [4.78, 5) is 0. The summed E-state index contributed by atoms with van der Waals surface area (Å²) >= 11 is 0. The first-order valence-electron chi connectivity index (χ1n) is 13.1. The van der Waals surface area contributed by atoms with Gasteiger partial charge < -0.3 is 10.3 Å². The molecule has 0 radical (unpaired) electrons. The molecule has 4 rings (SSSR count). The maximum absolute atomic E-state index is 11.7. The van der Waals surface area contributed by atoms with Crippen LogP contribution in [0.4, 0.5) is 0 Å². The zero-order valence-corrected chi connectivity index (χ0v) is 20.3. The largest absolute Gasteiger partial charge is 0.411 e. The van der Waals surface area contributed by atoms with Gasteiger partial charge in [0.2, 0.25) is 0 Å². The zero-order chi connectivity index (χ0) is 21.7. The maximum atomic E-state index is 11.7. The molecule has 4 aliphatic rings. The van der Waals surface area contributed by atoms with Gasteiger partial charge in [-0.2, -0.15) is 0 Å². The predicted octanol–water partition coefficient (Wildman–Crippen LogP) is 7.05. The van der Waals surface area contributed by atoms with Crippen molar-refractivity contribution in [2.45, 2.75) is 117 Å². The van der Waals surface area contributed by atoms with Crippen molar-refractivity contribution in [2.75, 3.05) is 0 Å². The minimum atomic E-state index is -0.878. The molecule has 0 amide bonds. The molecule has 0 aromatic carbocycles. The molecule has 2 N–H and O–H groups in total. The van der Waals surface area contributed by atoms with E-state index >= 15 is 0 Å². The summed E-state index contributed by atoms with van der Waals surface area (Å²) in [6.45, 7) is 12.1. The van der Waals surface area contributed by atoms with Gasteiger partial charge in [-0.15, -0.1) is 0 Å². The van der Waals surface area contributed by atoms with Crippen LogP contribution in [0.1, 0.15) is 112 Å². The smallest absolute Gasteiger partial charge is 0.112 e. The Labute approximate surface area is 185 Å². The molecular formula is C27H47NO2. The molecule has 30 heavy (non-hydrogen) atoms. The van der Waals surface area contributed by atoms with Crippen LogP contribution in [0, 0.1) is 46.3 Å². The predicted molar refractivity (Wildman–Crippen MR) is 124 cm³/mol. The minimum absolute atomic E-state index is 0.113. The molecule has 4 saturated carbocycles. The second kappa shape index (κ2) is 8.09. The standard InChI is InChI=1S/C27H47NO2/c1-18(2)9-8-10-19(3)21-11-12-22-20-17-24(28-30)27(29)15-7-6-14-26(27,5)23(20)13-16-25(21,22)4/h18-23,29-30H,6-17H2,1-5H3/b28-24+/t19-,20+,21-,22+,23+,25-,26-,27-/m1/s1. The summed E-state index contributed by atoms with van der Waals surface area (Å²) in [5, 5.41) is 25.4. The number of hydrogen-bond acceptors (Lipinski definition) is 3. The van der Waals surface area contributed by atoms with Crippen molar-refractivity contribution in [2.24, 2.45) is 51.5 Å². The number of fused-ring (bicyclic) bond motifs is 5. The Bertz CT molecular complexity index is 659. The SMILES string of the molecule is CC(C)CCC[C@@H](C)[C@H]1CC[C@H]2[C@@H]3C/C(=N\O)[C@]4(O)CCCC[C@]4(C)[C@H]3CC[C@]12C. The number of oxime groups is 1. The lowest BCUT2D eigenvalue weighted by molar-refractivity contribution is -0.153. The average Bonchev–Trinajstić information content (AvgIpc) is 3.05. The van der Waals surface area contributed by atoms with Crippen LogP contribution in [0.15, 0.2) is 5.16 Å². The average molecular weight is 418 g/mol. The van der Waals surface area contributed by atoms with E-state index in [0.717, 1.165) is 49.4 Å². The van der Waals surface area contributed by atoms with Crippen LogP contribution in [0.25, 0.3) is 0 Å². The van der Waals surface area contributed by atoms with Gasteiger partial charge >= 0.3 is 0 Å². The Morgan fingerprint density at radius 3 is 2.40 bits per heavy atom. The van der Waals surface area contributed by atoms with E-state index in [2.05, 4.69) is 39.8 Å². The molecule has 172 valence electrons. The van der Waals surface area contributed by atoms with E-state index in [1.165, 1.54) is 51.4 Å². The lowest BCUT2D eigenvalue weighted by Crippen LogP contribution is -2.65. The zero-order valence-electron chi connectivity index (χ0n) is 20.3. The first-order chi connectivity index (χ1) is 14.2. The minimum Gasteiger partial charge on any atom is -0.411 e. The normalized spacial score (nSPS) is 48.3. The molecule has 3 nitrogen and oxygen atoms in total. The Kier molecular flexibility index (Phi) is 6.10. The van der Waals surface area contributed by atoms with Crippen LogP contribution in [0.3, 0.4) is 0 Å². The fourth-order valence-corrected chi connectivity index (χ4v) is 9.23. The van der Waals surface area contributed by atoms with Gasteiger partial charge in [-0.1, -0.05) is 71.9 Å². The fourth-order valence-electron chi connectivity index (χ4n) is 9.23. The van der Waals surface area contributed by atoms with Crippen molar-refractivity contribution in [3.05, 3.63) is 0 Å². The molecule has 0 saturated heterocycles. The van der Waals surface area contributed by atoms with Crippen LogP contribution in [-0.4, -0.2) is 21.6 Å². The van der Waals surface area contributed by atoms with Gasteiger partial charge in [0.15, 0.2) is 0 Å². The molecular weight excluding hydrogens is 370 g/mol. The molecule has 3 heteroatoms. The maximum Gasteiger partial charge on any atom is 0.112 e. The quantitative estimate of drug-likeness (QED) is 0.372. The third kappa shape index (κ3) is 3.28. The second-order valence-corrected chi connectivity index (χ2v) is 12.6. The second-order valence-electron chi connectivity index (χ2n) is 12.6. The number of hydrogen-bond donors (Lipinski definition) is 2. The lowest BCUT2D eigenvalue weighted by atomic mass is 9.42. The molecule has 0 heterocycles. The van der Waals surface area contributed by atoms with E-state index in [0.29, 0.717) is 23.0 Å². The van der Waals surface area contributed by atoms with Gasteiger partial charge in [0.1, 0.15) is 5.60 Å². The van der Waals surface area contributed by atoms with Crippen LogP contribution in [-0.2, 0) is 0 Å². The summed E-state index contributed by atoms with van der Waals surface area (Å²) in [6.07, 6.45) is 14.3. The summed E-state index contributed by atoms with van der Waals surface area (Å²) in [6, 6.07) is 0. The highest BCUT2D eigenvalue weighted by Crippen LogP contribution is 2.68. The van der Waals surface area contributed by atoms with Gasteiger partial charge in [0.25, 0.3) is 0 Å². The molecule has 0 aliphatic heterocycles. The van der Waals surface area contributed by atoms with E-state index < -0.39 is 5.60 Å². The highest BCUT2D eigenvalue weighted by Gasteiger charge is 2.66. The van der Waals surface area contributed by atoms with E-state index in [-0.39, 0.29) is 5.41 Å². The molecule has 8 atom stereocenters. The highest BCUT2D eigenvalue weighted by molar-refractivity contribution is 5.94. The molecule has 0 spiro atoms. The molecule has 4 fully saturated rings. The fraction of sp³-hybridized carbons (Fsp3) is 0.963. The van der Waals surface area contributed by atoms with Crippen LogP contribution in [0.2, 0.25) is 0 Å². The van der Waals surface area contributed by atoms with E-state index in [1.807, 2.05) is 0 Å². The lowest BCUT2D eigenvalue weighted by Gasteiger charge is -2.63. The van der Waals surface area contributed by atoms with Gasteiger partial charge in [-0.25, -0.2) is 0 Å². The third-order valence-electron chi connectivity index (χ3n) is 10.9. The van der Waals surface area contributed by atoms with Crippen molar-refractivity contribution in [3.63, 3.8) is 0 Å². The van der Waals surface area contributed by atoms with Crippen molar-refractivity contribution in [1.29, 1.82) is 0 Å². The molecule has 0 aromatic heterocycles. The van der Waals surface area contributed by atoms with Crippen LogP contribution >= 0.6 is 0 Å². The molecule has 4 aliphatic carbocycles. The van der Waals surface area contributed by atoms with Crippen molar-refractivity contribution < 1.29 is 10.3 Å². The first kappa shape index (κ1) is 22.6. The van der Waals surface area contributed by atoms with E-state index in [1.54, 1.807) is 0 Å². The van der Waals surface area contributed by atoms with Gasteiger partial charge in [0.05, 0.1) is 5.71 Å². The van der Waals surface area contributed by atoms with Gasteiger partial charge in [-0.3, -0.25) is 0 Å². The number of rotatable bonds is 5. The Morgan fingerprint density at radius 2 is 1.70 bits per heavy atom. The van der Waals surface area contributed by atoms with Gasteiger partial charge in [0, 0.05) is 5.41 Å². The summed E-state index contributed by atoms with van der Waals surface area (Å²) < 4.78 is 0.